The van der Waals surface area contributed by atoms with Gasteiger partial charge in [0.05, 0.1) is 4.92 Å². The van der Waals surface area contributed by atoms with E-state index >= 15 is 0 Å². The second kappa shape index (κ2) is 6.63. The van der Waals surface area contributed by atoms with Crippen LogP contribution in [0, 0.1) is 15.9 Å². The molecular formula is C14H12BrFN2O4S. The zero-order valence-corrected chi connectivity index (χ0v) is 14.3. The Morgan fingerprint density at radius 3 is 2.57 bits per heavy atom. The highest BCUT2D eigenvalue weighted by atomic mass is 79.9. The third kappa shape index (κ3) is 4.26. The van der Waals surface area contributed by atoms with E-state index in [1.807, 2.05) is 0 Å². The van der Waals surface area contributed by atoms with E-state index in [1.54, 1.807) is 6.07 Å². The highest BCUT2D eigenvalue weighted by Gasteiger charge is 2.22. The molecule has 0 aliphatic rings. The zero-order valence-electron chi connectivity index (χ0n) is 11.9. The second-order valence-corrected chi connectivity index (χ2v) is 7.64. The number of anilines is 1. The molecule has 9 heteroatoms. The van der Waals surface area contributed by atoms with Gasteiger partial charge in [-0.25, -0.2) is 12.8 Å². The van der Waals surface area contributed by atoms with Gasteiger partial charge in [0.1, 0.15) is 10.7 Å². The molecule has 2 aromatic rings. The first-order valence-electron chi connectivity index (χ1n) is 6.35. The predicted molar refractivity (Wildman–Crippen MR) is 87.6 cm³/mol. The van der Waals surface area contributed by atoms with Crippen molar-refractivity contribution >= 4 is 37.1 Å². The van der Waals surface area contributed by atoms with Gasteiger partial charge in [-0.1, -0.05) is 15.9 Å². The van der Waals surface area contributed by atoms with Gasteiger partial charge in [0.25, 0.3) is 5.69 Å². The lowest BCUT2D eigenvalue weighted by Crippen LogP contribution is -2.06. The van der Waals surface area contributed by atoms with E-state index in [0.717, 1.165) is 12.3 Å². The average molecular weight is 403 g/mol. The summed E-state index contributed by atoms with van der Waals surface area (Å²) in [6, 6.07) is 7.92. The van der Waals surface area contributed by atoms with Crippen LogP contribution in [0.3, 0.4) is 0 Å². The summed E-state index contributed by atoms with van der Waals surface area (Å²) < 4.78 is 37.3. The van der Waals surface area contributed by atoms with Crippen molar-refractivity contribution in [1.82, 2.24) is 0 Å². The first kappa shape index (κ1) is 17.4. The molecule has 0 bridgehead atoms. The summed E-state index contributed by atoms with van der Waals surface area (Å²) in [6.07, 6.45) is 0.905. The quantitative estimate of drug-likeness (QED) is 0.610. The van der Waals surface area contributed by atoms with Crippen molar-refractivity contribution in [1.29, 1.82) is 0 Å². The molecule has 0 atom stereocenters. The molecule has 0 heterocycles. The SMILES string of the molecule is CS(=O)(=O)c1cc(NCc2cc(F)ccc2Br)ccc1[N+](=O)[O-]. The van der Waals surface area contributed by atoms with Crippen LogP contribution >= 0.6 is 15.9 Å². The Labute approximate surface area is 140 Å². The van der Waals surface area contributed by atoms with Gasteiger partial charge in [-0.05, 0) is 35.9 Å². The minimum atomic E-state index is -3.75. The molecule has 0 fully saturated rings. The zero-order chi connectivity index (χ0) is 17.2. The molecule has 0 aromatic heterocycles. The summed E-state index contributed by atoms with van der Waals surface area (Å²) in [5.41, 5.74) is 0.529. The maximum Gasteiger partial charge on any atom is 0.288 e. The molecule has 0 amide bonds. The Bertz CT molecular complexity index is 871. The number of benzene rings is 2. The number of rotatable bonds is 5. The highest BCUT2D eigenvalue weighted by Crippen LogP contribution is 2.27. The molecule has 6 nitrogen and oxygen atoms in total. The summed E-state index contributed by atoms with van der Waals surface area (Å²) in [7, 11) is -3.75. The number of nitro groups is 1. The van der Waals surface area contributed by atoms with Crippen LogP contribution in [0.4, 0.5) is 15.8 Å². The van der Waals surface area contributed by atoms with Crippen molar-refractivity contribution < 1.29 is 17.7 Å². The number of nitrogens with zero attached hydrogens (tertiary/aromatic N) is 1. The monoisotopic (exact) mass is 402 g/mol. The van der Waals surface area contributed by atoms with Crippen molar-refractivity contribution in [2.45, 2.75) is 11.4 Å². The van der Waals surface area contributed by atoms with Crippen LogP contribution in [-0.4, -0.2) is 19.6 Å². The maximum atomic E-state index is 13.2. The topological polar surface area (TPSA) is 89.3 Å². The maximum absolute atomic E-state index is 13.2. The Balaban J connectivity index is 2.31. The predicted octanol–water partition coefficient (Wildman–Crippen LogP) is 3.51. The molecule has 0 spiro atoms. The highest BCUT2D eigenvalue weighted by molar-refractivity contribution is 9.10. The van der Waals surface area contributed by atoms with Crippen LogP contribution in [0.15, 0.2) is 45.8 Å². The Morgan fingerprint density at radius 2 is 1.96 bits per heavy atom. The van der Waals surface area contributed by atoms with Gasteiger partial charge < -0.3 is 5.32 Å². The number of hydrogen-bond acceptors (Lipinski definition) is 5. The summed E-state index contributed by atoms with van der Waals surface area (Å²) in [6.45, 7) is 0.222. The third-order valence-electron chi connectivity index (χ3n) is 3.05. The van der Waals surface area contributed by atoms with E-state index in [4.69, 9.17) is 0 Å². The van der Waals surface area contributed by atoms with E-state index in [1.165, 1.54) is 24.3 Å². The van der Waals surface area contributed by atoms with Crippen LogP contribution < -0.4 is 5.32 Å². The van der Waals surface area contributed by atoms with Crippen molar-refractivity contribution in [3.8, 4) is 0 Å². The molecule has 0 aliphatic heterocycles. The smallest absolute Gasteiger partial charge is 0.288 e. The van der Waals surface area contributed by atoms with Crippen LogP contribution in [0.2, 0.25) is 0 Å². The fourth-order valence-electron chi connectivity index (χ4n) is 1.95. The standard InChI is InChI=1S/C14H12BrFN2O4S/c1-23(21,22)14-7-11(3-5-13(14)18(19)20)17-8-9-6-10(16)2-4-12(9)15/h2-7,17H,8H2,1H3. The molecule has 0 unspecified atom stereocenters. The van der Waals surface area contributed by atoms with Crippen LogP contribution in [0.25, 0.3) is 0 Å². The fourth-order valence-corrected chi connectivity index (χ4v) is 3.20. The van der Waals surface area contributed by atoms with Gasteiger partial charge in [0.15, 0.2) is 9.84 Å². The summed E-state index contributed by atoms with van der Waals surface area (Å²) >= 11 is 3.29. The molecular weight excluding hydrogens is 391 g/mol. The lowest BCUT2D eigenvalue weighted by atomic mass is 10.2. The number of hydrogen-bond donors (Lipinski definition) is 1. The number of sulfone groups is 1. The van der Waals surface area contributed by atoms with Crippen LogP contribution in [-0.2, 0) is 16.4 Å². The van der Waals surface area contributed by atoms with E-state index in [2.05, 4.69) is 21.2 Å². The van der Waals surface area contributed by atoms with Gasteiger partial charge in [-0.2, -0.15) is 0 Å². The van der Waals surface area contributed by atoms with E-state index in [-0.39, 0.29) is 11.4 Å². The van der Waals surface area contributed by atoms with Gasteiger partial charge in [-0.15, -0.1) is 0 Å². The Morgan fingerprint density at radius 1 is 1.26 bits per heavy atom. The van der Waals surface area contributed by atoms with Gasteiger partial charge in [-0.3, -0.25) is 10.1 Å². The lowest BCUT2D eigenvalue weighted by molar-refractivity contribution is -0.387. The molecule has 23 heavy (non-hydrogen) atoms. The molecule has 0 radical (unpaired) electrons. The molecule has 2 aromatic carbocycles. The van der Waals surface area contributed by atoms with E-state index < -0.39 is 26.3 Å². The van der Waals surface area contributed by atoms with Crippen molar-refractivity contribution in [2.24, 2.45) is 0 Å². The van der Waals surface area contributed by atoms with Crippen molar-refractivity contribution in [3.63, 3.8) is 0 Å². The molecule has 0 saturated carbocycles. The summed E-state index contributed by atoms with van der Waals surface area (Å²) in [4.78, 5) is 9.80. The van der Waals surface area contributed by atoms with E-state index in [0.29, 0.717) is 15.7 Å². The van der Waals surface area contributed by atoms with Crippen molar-refractivity contribution in [3.05, 3.63) is 62.4 Å². The number of halogens is 2. The Kier molecular flexibility index (Phi) is 5.00. The van der Waals surface area contributed by atoms with Crippen molar-refractivity contribution in [2.75, 3.05) is 11.6 Å². The normalized spacial score (nSPS) is 11.3. The van der Waals surface area contributed by atoms with Crippen LogP contribution in [0.5, 0.6) is 0 Å². The molecule has 0 aliphatic carbocycles. The van der Waals surface area contributed by atoms with Gasteiger partial charge in [0, 0.05) is 29.0 Å². The average Bonchev–Trinajstić information content (AvgIpc) is 2.47. The molecule has 122 valence electrons. The fraction of sp³-hybridized carbons (Fsp3) is 0.143. The molecule has 1 N–H and O–H groups in total. The van der Waals surface area contributed by atoms with E-state index in [9.17, 15) is 22.9 Å². The largest absolute Gasteiger partial charge is 0.381 e. The summed E-state index contributed by atoms with van der Waals surface area (Å²) in [5.74, 6) is -0.398. The third-order valence-corrected chi connectivity index (χ3v) is 4.95. The van der Waals surface area contributed by atoms with Crippen LogP contribution in [0.1, 0.15) is 5.56 Å². The first-order valence-corrected chi connectivity index (χ1v) is 9.03. The van der Waals surface area contributed by atoms with Gasteiger partial charge >= 0.3 is 0 Å². The number of nitrogens with one attached hydrogen (secondary N) is 1. The minimum absolute atomic E-state index is 0.222. The second-order valence-electron chi connectivity index (χ2n) is 4.80. The first-order chi connectivity index (χ1) is 10.7. The molecule has 2 rings (SSSR count). The minimum Gasteiger partial charge on any atom is -0.381 e. The van der Waals surface area contributed by atoms with Gasteiger partial charge in [0.2, 0.25) is 0 Å². The Hall–Kier alpha value is -2.00. The summed E-state index contributed by atoms with van der Waals surface area (Å²) in [5, 5.41) is 13.8. The lowest BCUT2D eigenvalue weighted by Gasteiger charge is -2.10. The molecule has 0 saturated heterocycles. The number of nitro benzene ring substituents is 1.